The van der Waals surface area contributed by atoms with E-state index in [2.05, 4.69) is 28.1 Å². The molecule has 1 heterocycles. The van der Waals surface area contributed by atoms with Gasteiger partial charge < -0.3 is 10.6 Å². The molecule has 0 bridgehead atoms. The van der Waals surface area contributed by atoms with Crippen LogP contribution in [0.25, 0.3) is 0 Å². The van der Waals surface area contributed by atoms with Crippen molar-refractivity contribution >= 4 is 23.5 Å². The fourth-order valence-corrected chi connectivity index (χ4v) is 3.18. The summed E-state index contributed by atoms with van der Waals surface area (Å²) >= 11 is 0. The molecule has 1 fully saturated rings. The zero-order chi connectivity index (χ0) is 17.4. The van der Waals surface area contributed by atoms with E-state index >= 15 is 0 Å². The van der Waals surface area contributed by atoms with Gasteiger partial charge in [-0.2, -0.15) is 0 Å². The summed E-state index contributed by atoms with van der Waals surface area (Å²) in [6.45, 7) is 0.562. The third-order valence-electron chi connectivity index (χ3n) is 4.82. The lowest BCUT2D eigenvalue weighted by molar-refractivity contribution is 0.0879. The minimum absolute atomic E-state index is 0.0306. The second-order valence-electron chi connectivity index (χ2n) is 6.50. The summed E-state index contributed by atoms with van der Waals surface area (Å²) in [6, 6.07) is 14.5. The van der Waals surface area contributed by atoms with E-state index in [9.17, 15) is 14.4 Å². The highest BCUT2D eigenvalue weighted by atomic mass is 16.2. The number of nitrogens with one attached hydrogen (secondary N) is 3. The van der Waals surface area contributed by atoms with Crippen molar-refractivity contribution in [1.82, 2.24) is 10.6 Å². The Morgan fingerprint density at radius 3 is 2.44 bits per heavy atom. The predicted molar refractivity (Wildman–Crippen MR) is 92.6 cm³/mol. The third kappa shape index (κ3) is 2.87. The first-order chi connectivity index (χ1) is 12.1. The maximum Gasteiger partial charge on any atom is 0.319 e. The number of carbonyl (C=O) groups excluding carboxylic acids is 3. The summed E-state index contributed by atoms with van der Waals surface area (Å²) in [4.78, 5) is 35.4. The lowest BCUT2D eigenvalue weighted by Crippen LogP contribution is -2.35. The summed E-state index contributed by atoms with van der Waals surface area (Å²) < 4.78 is 0. The molecule has 0 spiro atoms. The molecule has 1 aliphatic carbocycles. The number of rotatable bonds is 4. The normalized spacial score (nSPS) is 16.8. The van der Waals surface area contributed by atoms with Crippen LogP contribution in [0.3, 0.4) is 0 Å². The van der Waals surface area contributed by atoms with E-state index in [1.54, 1.807) is 6.07 Å². The number of hydrogen-bond donors (Lipinski definition) is 3. The van der Waals surface area contributed by atoms with Gasteiger partial charge in [0.2, 0.25) is 0 Å². The summed E-state index contributed by atoms with van der Waals surface area (Å²) in [5.41, 5.74) is 2.36. The first kappa shape index (κ1) is 15.4. The smallest absolute Gasteiger partial charge is 0.319 e. The Kier molecular flexibility index (Phi) is 3.53. The number of carbonyl (C=O) groups is 3. The summed E-state index contributed by atoms with van der Waals surface area (Å²) in [7, 11) is 0. The monoisotopic (exact) mass is 335 g/mol. The molecule has 3 N–H and O–H groups in total. The molecule has 4 rings (SSSR count). The lowest BCUT2D eigenvalue weighted by Gasteiger charge is -2.17. The minimum Gasteiger partial charge on any atom is -0.337 e. The zero-order valence-corrected chi connectivity index (χ0v) is 13.5. The molecule has 2 aliphatic rings. The molecule has 2 aromatic rings. The van der Waals surface area contributed by atoms with E-state index in [4.69, 9.17) is 0 Å². The Morgan fingerprint density at radius 2 is 1.72 bits per heavy atom. The van der Waals surface area contributed by atoms with Crippen LogP contribution in [0.2, 0.25) is 0 Å². The van der Waals surface area contributed by atoms with E-state index in [1.165, 1.54) is 17.7 Å². The van der Waals surface area contributed by atoms with Gasteiger partial charge in [0.1, 0.15) is 0 Å². The van der Waals surface area contributed by atoms with Gasteiger partial charge >= 0.3 is 6.03 Å². The Labute approximate surface area is 144 Å². The number of anilines is 1. The number of amides is 4. The van der Waals surface area contributed by atoms with Crippen molar-refractivity contribution in [3.63, 3.8) is 0 Å². The highest BCUT2D eigenvalue weighted by Gasteiger charge is 2.44. The summed E-state index contributed by atoms with van der Waals surface area (Å²) in [6.07, 6.45) is 2.11. The van der Waals surface area contributed by atoms with Gasteiger partial charge in [-0.3, -0.25) is 14.9 Å². The van der Waals surface area contributed by atoms with Crippen molar-refractivity contribution in [1.29, 1.82) is 0 Å². The first-order valence-electron chi connectivity index (χ1n) is 8.18. The number of benzene rings is 2. The van der Waals surface area contributed by atoms with Crippen LogP contribution in [0, 0.1) is 0 Å². The molecule has 126 valence electrons. The highest BCUT2D eigenvalue weighted by Crippen LogP contribution is 2.47. The maximum absolute atomic E-state index is 12.2. The van der Waals surface area contributed by atoms with E-state index in [1.807, 2.05) is 18.2 Å². The lowest BCUT2D eigenvalue weighted by atomic mass is 9.96. The standard InChI is InChI=1S/C19H17N3O3/c23-16-14-7-6-13(10-15(14)17(24)22-16)21-18(25)20-11-19(8-9-19)12-4-2-1-3-5-12/h1-7,10H,8-9,11H2,(H2,20,21,25)(H,22,23,24). The van der Waals surface area contributed by atoms with Crippen LogP contribution >= 0.6 is 0 Å². The molecule has 1 saturated carbocycles. The molecule has 4 amide bonds. The molecule has 6 nitrogen and oxygen atoms in total. The van der Waals surface area contributed by atoms with Crippen LogP contribution in [-0.4, -0.2) is 24.4 Å². The van der Waals surface area contributed by atoms with Crippen molar-refractivity contribution < 1.29 is 14.4 Å². The molecule has 0 aromatic heterocycles. The number of imide groups is 1. The molecule has 0 unspecified atom stereocenters. The number of hydrogen-bond acceptors (Lipinski definition) is 3. The zero-order valence-electron chi connectivity index (χ0n) is 13.5. The van der Waals surface area contributed by atoms with Crippen LogP contribution in [-0.2, 0) is 5.41 Å². The molecule has 6 heteroatoms. The topological polar surface area (TPSA) is 87.3 Å². The molecule has 0 saturated heterocycles. The SMILES string of the molecule is O=C(NCC1(c2ccccc2)CC1)Nc1ccc2c(c1)C(=O)NC2=O. The summed E-state index contributed by atoms with van der Waals surface area (Å²) in [5, 5.41) is 7.85. The van der Waals surface area contributed by atoms with Gasteiger partial charge in [-0.1, -0.05) is 30.3 Å². The Balaban J connectivity index is 1.40. The van der Waals surface area contributed by atoms with Crippen LogP contribution in [0.5, 0.6) is 0 Å². The van der Waals surface area contributed by atoms with E-state index < -0.39 is 11.8 Å². The van der Waals surface area contributed by atoms with E-state index in [-0.39, 0.29) is 17.0 Å². The second-order valence-corrected chi connectivity index (χ2v) is 6.50. The third-order valence-corrected chi connectivity index (χ3v) is 4.82. The molecule has 1 aliphatic heterocycles. The summed E-state index contributed by atoms with van der Waals surface area (Å²) in [5.74, 6) is -0.848. The van der Waals surface area contributed by atoms with Crippen LogP contribution in [0.1, 0.15) is 39.1 Å². The Bertz CT molecular complexity index is 873. The first-order valence-corrected chi connectivity index (χ1v) is 8.18. The van der Waals surface area contributed by atoms with Crippen molar-refractivity contribution in [2.45, 2.75) is 18.3 Å². The van der Waals surface area contributed by atoms with Crippen molar-refractivity contribution in [3.8, 4) is 0 Å². The van der Waals surface area contributed by atoms with Gasteiger partial charge in [0.25, 0.3) is 11.8 Å². The van der Waals surface area contributed by atoms with Crippen LogP contribution in [0.15, 0.2) is 48.5 Å². The van der Waals surface area contributed by atoms with Gasteiger partial charge in [-0.15, -0.1) is 0 Å². The van der Waals surface area contributed by atoms with Gasteiger partial charge in [-0.05, 0) is 36.6 Å². The Hall–Kier alpha value is -3.15. The average Bonchev–Trinajstić information content (AvgIpc) is 3.36. The van der Waals surface area contributed by atoms with Crippen molar-refractivity contribution in [2.75, 3.05) is 11.9 Å². The van der Waals surface area contributed by atoms with E-state index in [0.717, 1.165) is 12.8 Å². The van der Waals surface area contributed by atoms with Gasteiger partial charge in [0, 0.05) is 17.6 Å². The molecular weight excluding hydrogens is 318 g/mol. The van der Waals surface area contributed by atoms with E-state index in [0.29, 0.717) is 17.8 Å². The second kappa shape index (κ2) is 5.73. The van der Waals surface area contributed by atoms with Gasteiger partial charge in [-0.25, -0.2) is 4.79 Å². The fourth-order valence-electron chi connectivity index (χ4n) is 3.18. The van der Waals surface area contributed by atoms with Crippen LogP contribution < -0.4 is 16.0 Å². The van der Waals surface area contributed by atoms with Gasteiger partial charge in [0.05, 0.1) is 11.1 Å². The predicted octanol–water partition coefficient (Wildman–Crippen LogP) is 2.42. The molecule has 2 aromatic carbocycles. The molecule has 25 heavy (non-hydrogen) atoms. The fraction of sp³-hybridized carbons (Fsp3) is 0.211. The maximum atomic E-state index is 12.2. The van der Waals surface area contributed by atoms with Crippen LogP contribution in [0.4, 0.5) is 10.5 Å². The molecule has 0 radical (unpaired) electrons. The van der Waals surface area contributed by atoms with Crippen molar-refractivity contribution in [2.24, 2.45) is 0 Å². The van der Waals surface area contributed by atoms with Crippen molar-refractivity contribution in [3.05, 3.63) is 65.2 Å². The molecular formula is C19H17N3O3. The number of urea groups is 1. The average molecular weight is 335 g/mol. The largest absolute Gasteiger partial charge is 0.337 e. The minimum atomic E-state index is -0.440. The molecule has 0 atom stereocenters. The van der Waals surface area contributed by atoms with Gasteiger partial charge in [0.15, 0.2) is 0 Å². The quantitative estimate of drug-likeness (QED) is 0.750. The highest BCUT2D eigenvalue weighted by molar-refractivity contribution is 6.22. The number of fused-ring (bicyclic) bond motifs is 1. The Morgan fingerprint density at radius 1 is 1.00 bits per heavy atom.